The van der Waals surface area contributed by atoms with Crippen LogP contribution in [0.2, 0.25) is 0 Å². The lowest BCUT2D eigenvalue weighted by atomic mass is 10.2. The summed E-state index contributed by atoms with van der Waals surface area (Å²) in [5.41, 5.74) is -0.671. The lowest BCUT2D eigenvalue weighted by Gasteiger charge is -2.07. The minimum absolute atomic E-state index is 0.238. The highest BCUT2D eigenvalue weighted by Crippen LogP contribution is 2.30. The van der Waals surface area contributed by atoms with Crippen molar-refractivity contribution < 1.29 is 22.7 Å². The largest absolute Gasteiger partial charge is 0.469 e. The fourth-order valence-corrected chi connectivity index (χ4v) is 1.93. The molecular weight excluding hydrogens is 253 g/mol. The van der Waals surface area contributed by atoms with Crippen molar-refractivity contribution in [1.29, 1.82) is 0 Å². The van der Waals surface area contributed by atoms with Gasteiger partial charge in [-0.1, -0.05) is 0 Å². The number of hydrogen-bond donors (Lipinski definition) is 0. The molecule has 0 bridgehead atoms. The number of ether oxygens (including phenoxy) is 1. The fourth-order valence-electron chi connectivity index (χ4n) is 1.09. The van der Waals surface area contributed by atoms with E-state index < -0.39 is 11.7 Å². The molecule has 0 atom stereocenters. The van der Waals surface area contributed by atoms with Crippen LogP contribution in [0.1, 0.15) is 12.0 Å². The molecule has 0 fully saturated rings. The first-order chi connectivity index (χ1) is 7.93. The fraction of sp³-hybridized carbons (Fsp3) is 0.364. The summed E-state index contributed by atoms with van der Waals surface area (Å²) < 4.78 is 41.2. The number of alkyl halides is 3. The van der Waals surface area contributed by atoms with E-state index in [1.54, 1.807) is 0 Å². The van der Waals surface area contributed by atoms with Gasteiger partial charge < -0.3 is 4.74 Å². The topological polar surface area (TPSA) is 26.3 Å². The summed E-state index contributed by atoms with van der Waals surface area (Å²) in [6, 6.07) is 4.84. The van der Waals surface area contributed by atoms with E-state index in [-0.39, 0.29) is 12.4 Å². The van der Waals surface area contributed by atoms with Gasteiger partial charge in [0.25, 0.3) is 0 Å². The number of hydrogen-bond acceptors (Lipinski definition) is 3. The summed E-state index contributed by atoms with van der Waals surface area (Å²) >= 11 is 1.32. The Morgan fingerprint density at radius 3 is 2.35 bits per heavy atom. The summed E-state index contributed by atoms with van der Waals surface area (Å²) in [6.07, 6.45) is -4.07. The molecule has 0 spiro atoms. The average Bonchev–Trinajstić information content (AvgIpc) is 2.28. The summed E-state index contributed by atoms with van der Waals surface area (Å²) in [4.78, 5) is 11.5. The number of halogens is 3. The summed E-state index contributed by atoms with van der Waals surface area (Å²) in [6.45, 7) is 0. The molecule has 0 aliphatic rings. The predicted octanol–water partition coefficient (Wildman–Crippen LogP) is 3.36. The molecule has 0 heterocycles. The monoisotopic (exact) mass is 264 g/mol. The molecular formula is C11H11F3O2S. The molecule has 0 radical (unpaired) electrons. The molecule has 0 N–H and O–H groups in total. The molecule has 0 aromatic heterocycles. The van der Waals surface area contributed by atoms with Crippen LogP contribution in [0.25, 0.3) is 0 Å². The molecule has 1 rings (SSSR count). The maximum atomic E-state index is 12.3. The molecule has 0 aliphatic carbocycles. The van der Waals surface area contributed by atoms with Crippen molar-refractivity contribution in [2.75, 3.05) is 12.9 Å². The van der Waals surface area contributed by atoms with Gasteiger partial charge in [-0.05, 0) is 24.3 Å². The summed E-state index contributed by atoms with van der Waals surface area (Å²) in [5, 5.41) is 0. The van der Waals surface area contributed by atoms with Gasteiger partial charge in [-0.3, -0.25) is 4.79 Å². The van der Waals surface area contributed by atoms with E-state index >= 15 is 0 Å². The molecule has 0 amide bonds. The molecule has 1 aromatic carbocycles. The van der Waals surface area contributed by atoms with E-state index in [0.29, 0.717) is 10.6 Å². The Kier molecular flexibility index (Phi) is 4.86. The van der Waals surface area contributed by atoms with Crippen LogP contribution in [0.15, 0.2) is 29.2 Å². The first-order valence-electron chi connectivity index (χ1n) is 4.80. The second-order valence-electron chi connectivity index (χ2n) is 3.20. The third kappa shape index (κ3) is 4.68. The molecule has 0 saturated heterocycles. The van der Waals surface area contributed by atoms with Gasteiger partial charge in [0.05, 0.1) is 19.1 Å². The summed E-state index contributed by atoms with van der Waals surface area (Å²) in [7, 11) is 1.30. The zero-order valence-corrected chi connectivity index (χ0v) is 9.90. The van der Waals surface area contributed by atoms with E-state index in [9.17, 15) is 18.0 Å². The Morgan fingerprint density at radius 1 is 1.29 bits per heavy atom. The maximum Gasteiger partial charge on any atom is 0.416 e. The van der Waals surface area contributed by atoms with Gasteiger partial charge in [0.1, 0.15) is 0 Å². The highest BCUT2D eigenvalue weighted by molar-refractivity contribution is 7.99. The van der Waals surface area contributed by atoms with Crippen LogP contribution >= 0.6 is 11.8 Å². The second-order valence-corrected chi connectivity index (χ2v) is 4.37. The van der Waals surface area contributed by atoms with Crippen molar-refractivity contribution in [3.63, 3.8) is 0 Å². The van der Waals surface area contributed by atoms with Gasteiger partial charge in [0, 0.05) is 10.6 Å². The Hall–Kier alpha value is -1.17. The van der Waals surface area contributed by atoms with Crippen LogP contribution in [-0.2, 0) is 15.7 Å². The van der Waals surface area contributed by atoms with Crippen molar-refractivity contribution in [1.82, 2.24) is 0 Å². The van der Waals surface area contributed by atoms with Gasteiger partial charge in [0.15, 0.2) is 0 Å². The number of carbonyl (C=O) groups is 1. The van der Waals surface area contributed by atoms with Crippen molar-refractivity contribution in [2.45, 2.75) is 17.5 Å². The molecule has 6 heteroatoms. The van der Waals surface area contributed by atoms with E-state index in [4.69, 9.17) is 0 Å². The van der Waals surface area contributed by atoms with E-state index in [1.165, 1.54) is 31.0 Å². The number of benzene rings is 1. The van der Waals surface area contributed by atoms with Crippen LogP contribution in [0.3, 0.4) is 0 Å². The molecule has 2 nitrogen and oxygen atoms in total. The predicted molar refractivity (Wildman–Crippen MR) is 58.8 cm³/mol. The van der Waals surface area contributed by atoms with E-state index in [2.05, 4.69) is 4.74 Å². The van der Waals surface area contributed by atoms with Gasteiger partial charge in [0.2, 0.25) is 0 Å². The Morgan fingerprint density at radius 2 is 1.88 bits per heavy atom. The second kappa shape index (κ2) is 5.95. The zero-order chi connectivity index (χ0) is 12.9. The highest BCUT2D eigenvalue weighted by atomic mass is 32.2. The maximum absolute atomic E-state index is 12.3. The smallest absolute Gasteiger partial charge is 0.416 e. The lowest BCUT2D eigenvalue weighted by Crippen LogP contribution is -2.04. The normalized spacial score (nSPS) is 11.3. The third-order valence-corrected chi connectivity index (χ3v) is 3.00. The number of esters is 1. The van der Waals surface area contributed by atoms with Crippen molar-refractivity contribution in [3.8, 4) is 0 Å². The van der Waals surface area contributed by atoms with E-state index in [0.717, 1.165) is 12.1 Å². The first kappa shape index (κ1) is 13.9. The summed E-state index contributed by atoms with van der Waals surface area (Å²) in [5.74, 6) is 0.155. The molecule has 94 valence electrons. The van der Waals surface area contributed by atoms with Gasteiger partial charge in [-0.25, -0.2) is 0 Å². The molecule has 1 aromatic rings. The van der Waals surface area contributed by atoms with Crippen LogP contribution in [0, 0.1) is 0 Å². The minimum atomic E-state index is -4.31. The van der Waals surface area contributed by atoms with Crippen molar-refractivity contribution in [2.24, 2.45) is 0 Å². The van der Waals surface area contributed by atoms with Gasteiger partial charge in [-0.15, -0.1) is 11.8 Å². The Balaban J connectivity index is 2.49. The highest BCUT2D eigenvalue weighted by Gasteiger charge is 2.29. The number of thioether (sulfide) groups is 1. The molecule has 0 saturated carbocycles. The van der Waals surface area contributed by atoms with Gasteiger partial charge in [-0.2, -0.15) is 13.2 Å². The van der Waals surface area contributed by atoms with Crippen molar-refractivity contribution in [3.05, 3.63) is 29.8 Å². The average molecular weight is 264 g/mol. The van der Waals surface area contributed by atoms with Crippen LogP contribution < -0.4 is 0 Å². The first-order valence-corrected chi connectivity index (χ1v) is 5.79. The number of rotatable bonds is 4. The molecule has 17 heavy (non-hydrogen) atoms. The lowest BCUT2D eigenvalue weighted by molar-refractivity contribution is -0.140. The van der Waals surface area contributed by atoms with Crippen LogP contribution in [0.5, 0.6) is 0 Å². The van der Waals surface area contributed by atoms with Crippen LogP contribution in [-0.4, -0.2) is 18.8 Å². The van der Waals surface area contributed by atoms with Crippen LogP contribution in [0.4, 0.5) is 13.2 Å². The van der Waals surface area contributed by atoms with Gasteiger partial charge >= 0.3 is 12.1 Å². The Labute approximate surface area is 101 Å². The number of carbonyl (C=O) groups excluding carboxylic acids is 1. The SMILES string of the molecule is COC(=O)CCSc1ccc(C(F)(F)F)cc1. The van der Waals surface area contributed by atoms with Crippen molar-refractivity contribution >= 4 is 17.7 Å². The Bertz CT molecular complexity index is 373. The molecule has 0 aliphatic heterocycles. The zero-order valence-electron chi connectivity index (χ0n) is 9.08. The minimum Gasteiger partial charge on any atom is -0.469 e. The quantitative estimate of drug-likeness (QED) is 0.616. The third-order valence-electron chi connectivity index (χ3n) is 1.98. The standard InChI is InChI=1S/C11H11F3O2S/c1-16-10(15)6-7-17-9-4-2-8(3-5-9)11(12,13)14/h2-5H,6-7H2,1H3. The van der Waals surface area contributed by atoms with E-state index in [1.807, 2.05) is 0 Å². The molecule has 0 unspecified atom stereocenters. The number of methoxy groups -OCH3 is 1.